The quantitative estimate of drug-likeness (QED) is 0.897. The Morgan fingerprint density at radius 3 is 2.50 bits per heavy atom. The van der Waals surface area contributed by atoms with E-state index in [-0.39, 0.29) is 12.4 Å². The molecule has 1 saturated carbocycles. The molecule has 1 aromatic carbocycles. The van der Waals surface area contributed by atoms with Gasteiger partial charge in [0.05, 0.1) is 19.3 Å². The van der Waals surface area contributed by atoms with E-state index in [1.54, 1.807) is 19.2 Å². The van der Waals surface area contributed by atoms with Crippen LogP contribution in [0.15, 0.2) is 12.1 Å². The molecule has 0 bridgehead atoms. The van der Waals surface area contributed by atoms with Gasteiger partial charge in [-0.05, 0) is 18.9 Å². The van der Waals surface area contributed by atoms with E-state index in [4.69, 9.17) is 15.2 Å². The molecule has 0 heterocycles. The molecule has 4 heteroatoms. The maximum Gasteiger partial charge on any atom is 0.137 e. The summed E-state index contributed by atoms with van der Waals surface area (Å²) in [4.78, 5) is 0. The summed E-state index contributed by atoms with van der Waals surface area (Å²) >= 11 is 0. The minimum Gasteiger partial charge on any atom is -0.496 e. The second-order valence-electron chi connectivity index (χ2n) is 4.90. The second-order valence-corrected chi connectivity index (χ2v) is 4.90. The number of hydrogen-bond acceptors (Lipinski definition) is 3. The van der Waals surface area contributed by atoms with Crippen molar-refractivity contribution < 1.29 is 13.9 Å². The zero-order chi connectivity index (χ0) is 13.2. The van der Waals surface area contributed by atoms with Crippen molar-refractivity contribution in [2.24, 2.45) is 5.73 Å². The predicted molar refractivity (Wildman–Crippen MR) is 68.0 cm³/mol. The van der Waals surface area contributed by atoms with Crippen LogP contribution in [0.3, 0.4) is 0 Å². The Morgan fingerprint density at radius 1 is 1.28 bits per heavy atom. The zero-order valence-corrected chi connectivity index (χ0v) is 11.0. The summed E-state index contributed by atoms with van der Waals surface area (Å²) in [6.07, 6.45) is 3.79. The fourth-order valence-electron chi connectivity index (χ4n) is 2.73. The molecule has 3 nitrogen and oxygen atoms in total. The summed E-state index contributed by atoms with van der Waals surface area (Å²) in [5, 5.41) is 0. The van der Waals surface area contributed by atoms with Crippen LogP contribution in [0, 0.1) is 5.82 Å². The van der Waals surface area contributed by atoms with E-state index in [0.717, 1.165) is 25.7 Å². The van der Waals surface area contributed by atoms with Crippen molar-refractivity contribution in [3.8, 4) is 5.75 Å². The molecule has 0 aromatic heterocycles. The third-order valence-electron chi connectivity index (χ3n) is 3.74. The zero-order valence-electron chi connectivity index (χ0n) is 11.0. The molecule has 1 aliphatic rings. The molecule has 0 saturated heterocycles. The van der Waals surface area contributed by atoms with Crippen LogP contribution in [0.25, 0.3) is 0 Å². The van der Waals surface area contributed by atoms with Gasteiger partial charge in [-0.15, -0.1) is 0 Å². The molecule has 0 amide bonds. The first-order valence-electron chi connectivity index (χ1n) is 6.26. The maximum atomic E-state index is 14.6. The normalized spacial score (nSPS) is 18.0. The number of benzene rings is 1. The second kappa shape index (κ2) is 5.24. The van der Waals surface area contributed by atoms with Crippen LogP contribution in [0.4, 0.5) is 4.39 Å². The number of nitrogens with two attached hydrogens (primary N) is 1. The van der Waals surface area contributed by atoms with E-state index in [1.165, 1.54) is 7.11 Å². The molecule has 0 atom stereocenters. The monoisotopic (exact) mass is 253 g/mol. The molecule has 18 heavy (non-hydrogen) atoms. The molecular formula is C14H20FNO2. The van der Waals surface area contributed by atoms with Gasteiger partial charge in [-0.3, -0.25) is 0 Å². The van der Waals surface area contributed by atoms with Crippen LogP contribution < -0.4 is 10.5 Å². The van der Waals surface area contributed by atoms with Gasteiger partial charge in [-0.1, -0.05) is 18.9 Å². The highest BCUT2D eigenvalue weighted by atomic mass is 19.1. The highest BCUT2D eigenvalue weighted by Gasteiger charge is 2.34. The van der Waals surface area contributed by atoms with Crippen molar-refractivity contribution in [1.29, 1.82) is 0 Å². The lowest BCUT2D eigenvalue weighted by Gasteiger charge is -2.26. The number of methoxy groups -OCH3 is 2. The Morgan fingerprint density at radius 2 is 1.94 bits per heavy atom. The molecule has 0 spiro atoms. The molecule has 0 unspecified atom stereocenters. The number of halogens is 1. The number of hydrogen-bond donors (Lipinski definition) is 1. The van der Waals surface area contributed by atoms with Crippen LogP contribution in [0.1, 0.15) is 36.8 Å². The molecule has 1 aromatic rings. The summed E-state index contributed by atoms with van der Waals surface area (Å²) in [6.45, 7) is 0.193. The summed E-state index contributed by atoms with van der Waals surface area (Å²) in [7, 11) is 3.07. The fourth-order valence-corrected chi connectivity index (χ4v) is 2.73. The highest BCUT2D eigenvalue weighted by Crippen LogP contribution is 2.39. The van der Waals surface area contributed by atoms with Gasteiger partial charge in [0.2, 0.25) is 0 Å². The summed E-state index contributed by atoms with van der Waals surface area (Å²) < 4.78 is 24.8. The average Bonchev–Trinajstić information content (AvgIpc) is 2.79. The van der Waals surface area contributed by atoms with E-state index in [2.05, 4.69) is 0 Å². The Labute approximate surface area is 107 Å². The minimum absolute atomic E-state index is 0.193. The van der Waals surface area contributed by atoms with Crippen LogP contribution in [0.5, 0.6) is 5.75 Å². The fraction of sp³-hybridized carbons (Fsp3) is 0.571. The predicted octanol–water partition coefficient (Wildman–Crippen LogP) is 2.71. The van der Waals surface area contributed by atoms with Crippen molar-refractivity contribution in [1.82, 2.24) is 0 Å². The SMILES string of the molecule is COCc1c(OC)ccc(C2(N)CCCC2)c1F. The van der Waals surface area contributed by atoms with E-state index in [0.29, 0.717) is 16.9 Å². The molecule has 0 radical (unpaired) electrons. The Balaban J connectivity index is 2.46. The lowest BCUT2D eigenvalue weighted by Crippen LogP contribution is -2.34. The highest BCUT2D eigenvalue weighted by molar-refractivity contribution is 5.41. The molecule has 2 N–H and O–H groups in total. The average molecular weight is 253 g/mol. The van der Waals surface area contributed by atoms with Crippen molar-refractivity contribution >= 4 is 0 Å². The van der Waals surface area contributed by atoms with E-state index in [1.807, 2.05) is 0 Å². The molecule has 100 valence electrons. The number of rotatable bonds is 4. The van der Waals surface area contributed by atoms with Gasteiger partial charge in [-0.2, -0.15) is 0 Å². The van der Waals surface area contributed by atoms with E-state index in [9.17, 15) is 4.39 Å². The summed E-state index contributed by atoms with van der Waals surface area (Å²) in [5.41, 5.74) is 6.83. The first kappa shape index (κ1) is 13.3. The van der Waals surface area contributed by atoms with Crippen molar-refractivity contribution in [3.05, 3.63) is 29.1 Å². The van der Waals surface area contributed by atoms with E-state index < -0.39 is 5.54 Å². The van der Waals surface area contributed by atoms with Gasteiger partial charge in [0.15, 0.2) is 0 Å². The van der Waals surface area contributed by atoms with Crippen LogP contribution in [-0.2, 0) is 16.9 Å². The van der Waals surface area contributed by atoms with Crippen molar-refractivity contribution in [2.75, 3.05) is 14.2 Å². The van der Waals surface area contributed by atoms with Gasteiger partial charge in [0.1, 0.15) is 11.6 Å². The van der Waals surface area contributed by atoms with Gasteiger partial charge >= 0.3 is 0 Å². The van der Waals surface area contributed by atoms with E-state index >= 15 is 0 Å². The lowest BCUT2D eigenvalue weighted by atomic mass is 9.87. The molecule has 0 aliphatic heterocycles. The van der Waals surface area contributed by atoms with Gasteiger partial charge in [-0.25, -0.2) is 4.39 Å². The molecule has 1 fully saturated rings. The van der Waals surface area contributed by atoms with Gasteiger partial charge < -0.3 is 15.2 Å². The lowest BCUT2D eigenvalue weighted by molar-refractivity contribution is 0.177. The maximum absolute atomic E-state index is 14.6. The van der Waals surface area contributed by atoms with Crippen LogP contribution in [0.2, 0.25) is 0 Å². The molecule has 2 rings (SSSR count). The van der Waals surface area contributed by atoms with Crippen LogP contribution >= 0.6 is 0 Å². The largest absolute Gasteiger partial charge is 0.496 e. The standard InChI is InChI=1S/C14H20FNO2/c1-17-9-10-12(18-2)6-5-11(13(10)15)14(16)7-3-4-8-14/h5-6H,3-4,7-9,16H2,1-2H3. The van der Waals surface area contributed by atoms with Crippen LogP contribution in [-0.4, -0.2) is 14.2 Å². The molecular weight excluding hydrogens is 233 g/mol. The first-order chi connectivity index (χ1) is 8.62. The minimum atomic E-state index is -0.529. The summed E-state index contributed by atoms with van der Waals surface area (Å²) in [6, 6.07) is 3.53. The Bertz CT molecular complexity index is 428. The Hall–Kier alpha value is -1.13. The molecule has 1 aliphatic carbocycles. The summed E-state index contributed by atoms with van der Waals surface area (Å²) in [5.74, 6) is 0.236. The van der Waals surface area contributed by atoms with Crippen molar-refractivity contribution in [2.45, 2.75) is 37.8 Å². The number of ether oxygens (including phenoxy) is 2. The first-order valence-corrected chi connectivity index (χ1v) is 6.26. The Kier molecular flexibility index (Phi) is 3.88. The topological polar surface area (TPSA) is 44.5 Å². The van der Waals surface area contributed by atoms with Gasteiger partial charge in [0, 0.05) is 18.2 Å². The smallest absolute Gasteiger partial charge is 0.137 e. The van der Waals surface area contributed by atoms with Gasteiger partial charge in [0.25, 0.3) is 0 Å². The van der Waals surface area contributed by atoms with Crippen molar-refractivity contribution in [3.63, 3.8) is 0 Å². The third kappa shape index (κ3) is 2.22. The third-order valence-corrected chi connectivity index (χ3v) is 3.74.